The van der Waals surface area contributed by atoms with E-state index in [4.69, 9.17) is 28.2 Å². The predicted molar refractivity (Wildman–Crippen MR) is 128 cm³/mol. The minimum Gasteiger partial charge on any atom is -0.459 e. The van der Waals surface area contributed by atoms with Crippen molar-refractivity contribution in [2.75, 3.05) is 4.90 Å². The number of aryl methyl sites for hydroxylation is 1. The Hall–Kier alpha value is -3.22. The molecular formula is C25H19ClFN3OS. The molecule has 4 aromatic rings. The van der Waals surface area contributed by atoms with Crippen molar-refractivity contribution in [2.24, 2.45) is 0 Å². The highest BCUT2D eigenvalue weighted by Gasteiger charge is 2.42. The van der Waals surface area contributed by atoms with Gasteiger partial charge in [0.15, 0.2) is 5.11 Å². The van der Waals surface area contributed by atoms with Crippen LogP contribution in [0.4, 0.5) is 10.1 Å². The largest absolute Gasteiger partial charge is 0.459 e. The van der Waals surface area contributed by atoms with Crippen LogP contribution in [-0.2, 0) is 0 Å². The zero-order valence-electron chi connectivity index (χ0n) is 17.1. The molecule has 1 aliphatic heterocycles. The molecule has 0 saturated carbocycles. The molecule has 0 amide bonds. The first-order valence-electron chi connectivity index (χ1n) is 10.1. The van der Waals surface area contributed by atoms with Crippen LogP contribution in [0.5, 0.6) is 0 Å². The van der Waals surface area contributed by atoms with Crippen LogP contribution in [-0.4, -0.2) is 10.1 Å². The first kappa shape index (κ1) is 20.7. The summed E-state index contributed by atoms with van der Waals surface area (Å²) in [7, 11) is 0. The Morgan fingerprint density at radius 2 is 1.88 bits per heavy atom. The number of nitrogens with one attached hydrogen (secondary N) is 1. The molecule has 0 aliphatic carbocycles. The maximum absolute atomic E-state index is 13.6. The number of pyridine rings is 1. The van der Waals surface area contributed by atoms with E-state index < -0.39 is 0 Å². The van der Waals surface area contributed by atoms with Gasteiger partial charge in [-0.15, -0.1) is 0 Å². The van der Waals surface area contributed by atoms with Crippen molar-refractivity contribution < 1.29 is 8.81 Å². The number of nitrogens with zero attached hydrogens (tertiary/aromatic N) is 2. The number of benzene rings is 2. The van der Waals surface area contributed by atoms with E-state index in [1.807, 2.05) is 60.4 Å². The van der Waals surface area contributed by atoms with Crippen molar-refractivity contribution in [2.45, 2.75) is 19.0 Å². The number of halogens is 2. The van der Waals surface area contributed by atoms with Gasteiger partial charge in [0.1, 0.15) is 23.4 Å². The molecule has 2 atom stereocenters. The first-order valence-corrected chi connectivity index (χ1v) is 10.9. The molecule has 0 spiro atoms. The molecule has 160 valence electrons. The molecule has 4 nitrogen and oxygen atoms in total. The van der Waals surface area contributed by atoms with Crippen LogP contribution in [0.15, 0.2) is 83.4 Å². The SMILES string of the molecule is Cc1ccc(Cl)cc1-c1ccc([C@H]2[C@H](c3ccccn3)NC(=S)N2c2ccc(F)cc2)o1. The van der Waals surface area contributed by atoms with Crippen molar-refractivity contribution in [3.63, 3.8) is 0 Å². The molecule has 0 bridgehead atoms. The molecule has 2 aromatic carbocycles. The van der Waals surface area contributed by atoms with Gasteiger partial charge in [-0.25, -0.2) is 4.39 Å². The Balaban J connectivity index is 1.61. The van der Waals surface area contributed by atoms with Gasteiger partial charge in [-0.05, 0) is 85.4 Å². The Morgan fingerprint density at radius 1 is 1.06 bits per heavy atom. The van der Waals surface area contributed by atoms with Crippen molar-refractivity contribution in [3.8, 4) is 11.3 Å². The van der Waals surface area contributed by atoms with E-state index in [0.29, 0.717) is 15.9 Å². The van der Waals surface area contributed by atoms with E-state index in [2.05, 4.69) is 10.3 Å². The second-order valence-electron chi connectivity index (χ2n) is 7.63. The number of rotatable bonds is 4. The maximum Gasteiger partial charge on any atom is 0.174 e. The zero-order valence-corrected chi connectivity index (χ0v) is 18.7. The Labute approximate surface area is 195 Å². The van der Waals surface area contributed by atoms with Crippen LogP contribution in [0.1, 0.15) is 29.1 Å². The minimum absolute atomic E-state index is 0.242. The lowest BCUT2D eigenvalue weighted by Gasteiger charge is -2.26. The van der Waals surface area contributed by atoms with Crippen LogP contribution in [0.25, 0.3) is 11.3 Å². The fraction of sp³-hybridized carbons (Fsp3) is 0.120. The summed E-state index contributed by atoms with van der Waals surface area (Å²) in [6.45, 7) is 2.02. The Kier molecular flexibility index (Phi) is 5.41. The number of aromatic nitrogens is 1. The van der Waals surface area contributed by atoms with Crippen molar-refractivity contribution in [1.29, 1.82) is 0 Å². The summed E-state index contributed by atoms with van der Waals surface area (Å²) >= 11 is 11.9. The molecule has 1 saturated heterocycles. The zero-order chi connectivity index (χ0) is 22.2. The monoisotopic (exact) mass is 463 g/mol. The van der Waals surface area contributed by atoms with E-state index in [-0.39, 0.29) is 17.9 Å². The summed E-state index contributed by atoms with van der Waals surface area (Å²) in [6.07, 6.45) is 1.75. The molecular weight excluding hydrogens is 445 g/mol. The van der Waals surface area contributed by atoms with E-state index in [9.17, 15) is 4.39 Å². The summed E-state index contributed by atoms with van der Waals surface area (Å²) in [5.41, 5.74) is 3.60. The maximum atomic E-state index is 13.6. The minimum atomic E-state index is -0.309. The quantitative estimate of drug-likeness (QED) is 0.344. The van der Waals surface area contributed by atoms with Crippen LogP contribution in [0, 0.1) is 12.7 Å². The smallest absolute Gasteiger partial charge is 0.174 e. The van der Waals surface area contributed by atoms with E-state index in [1.54, 1.807) is 18.3 Å². The molecule has 1 N–H and O–H groups in total. The van der Waals surface area contributed by atoms with E-state index in [1.165, 1.54) is 12.1 Å². The van der Waals surface area contributed by atoms with Crippen molar-refractivity contribution >= 4 is 34.6 Å². The van der Waals surface area contributed by atoms with E-state index >= 15 is 0 Å². The second-order valence-corrected chi connectivity index (χ2v) is 8.46. The number of hydrogen-bond acceptors (Lipinski definition) is 3. The third kappa shape index (κ3) is 3.76. The second kappa shape index (κ2) is 8.37. The normalized spacial score (nSPS) is 18.1. The van der Waals surface area contributed by atoms with Crippen LogP contribution in [0.3, 0.4) is 0 Å². The number of anilines is 1. The highest BCUT2D eigenvalue weighted by atomic mass is 35.5. The number of thiocarbonyl (C=S) groups is 1. The van der Waals surface area contributed by atoms with Gasteiger partial charge in [0, 0.05) is 22.5 Å². The molecule has 2 aromatic heterocycles. The highest BCUT2D eigenvalue weighted by Crippen LogP contribution is 2.43. The van der Waals surface area contributed by atoms with Gasteiger partial charge in [-0.3, -0.25) is 4.98 Å². The molecule has 32 heavy (non-hydrogen) atoms. The van der Waals surface area contributed by atoms with Crippen molar-refractivity contribution in [1.82, 2.24) is 10.3 Å². The third-order valence-electron chi connectivity index (χ3n) is 5.59. The van der Waals surface area contributed by atoms with Crippen LogP contribution >= 0.6 is 23.8 Å². The summed E-state index contributed by atoms with van der Waals surface area (Å²) in [5.74, 6) is 1.13. The van der Waals surface area contributed by atoms with Gasteiger partial charge >= 0.3 is 0 Å². The van der Waals surface area contributed by atoms with Gasteiger partial charge in [0.05, 0.1) is 11.7 Å². The Morgan fingerprint density at radius 3 is 2.62 bits per heavy atom. The molecule has 5 rings (SSSR count). The summed E-state index contributed by atoms with van der Waals surface area (Å²) < 4.78 is 20.0. The number of furan rings is 1. The lowest BCUT2D eigenvalue weighted by molar-refractivity contribution is 0.439. The molecule has 3 heterocycles. The molecule has 7 heteroatoms. The van der Waals surface area contributed by atoms with Gasteiger partial charge in [-0.2, -0.15) is 0 Å². The van der Waals surface area contributed by atoms with E-state index in [0.717, 1.165) is 28.3 Å². The molecule has 0 radical (unpaired) electrons. The topological polar surface area (TPSA) is 41.3 Å². The average molecular weight is 464 g/mol. The molecule has 1 aliphatic rings. The lowest BCUT2D eigenvalue weighted by atomic mass is 10.0. The van der Waals surface area contributed by atoms with Crippen LogP contribution < -0.4 is 10.2 Å². The fourth-order valence-electron chi connectivity index (χ4n) is 4.04. The predicted octanol–water partition coefficient (Wildman–Crippen LogP) is 6.62. The van der Waals surface area contributed by atoms with Crippen molar-refractivity contribution in [3.05, 3.63) is 107 Å². The summed E-state index contributed by atoms with van der Waals surface area (Å²) in [4.78, 5) is 6.48. The standard InChI is InChI=1S/C25H19ClFN3OS/c1-15-5-6-16(26)14-19(15)21-11-12-22(31-21)24-23(20-4-2-3-13-28-20)29-25(32)30(24)18-9-7-17(27)8-10-18/h2-14,23-24H,1H3,(H,29,32)/t23-,24-/m0/s1. The molecule has 1 fully saturated rings. The molecule has 0 unspecified atom stereocenters. The summed E-state index contributed by atoms with van der Waals surface area (Å²) in [6, 6.07) is 21.1. The van der Waals surface area contributed by atoms with Gasteiger partial charge in [-0.1, -0.05) is 23.7 Å². The number of hydrogen-bond donors (Lipinski definition) is 1. The fourth-order valence-corrected chi connectivity index (χ4v) is 4.56. The van der Waals surface area contributed by atoms with Gasteiger partial charge < -0.3 is 14.6 Å². The average Bonchev–Trinajstić information content (AvgIpc) is 3.41. The lowest BCUT2D eigenvalue weighted by Crippen LogP contribution is -2.29. The summed E-state index contributed by atoms with van der Waals surface area (Å²) in [5, 5.41) is 4.54. The highest BCUT2D eigenvalue weighted by molar-refractivity contribution is 7.80. The van der Waals surface area contributed by atoms with Crippen LogP contribution in [0.2, 0.25) is 5.02 Å². The first-order chi connectivity index (χ1) is 15.5. The van der Waals surface area contributed by atoms with Gasteiger partial charge in [0.25, 0.3) is 0 Å². The van der Waals surface area contributed by atoms with Gasteiger partial charge in [0.2, 0.25) is 0 Å². The Bertz CT molecular complexity index is 1280. The third-order valence-corrected chi connectivity index (χ3v) is 6.14.